The van der Waals surface area contributed by atoms with Gasteiger partial charge in [0.1, 0.15) is 11.5 Å². The van der Waals surface area contributed by atoms with Crippen molar-refractivity contribution in [1.29, 1.82) is 0 Å². The standard InChI is InChI=1S/C12H19NO2/c1-5-11(13(2)3)10-7-6-9(15-4)8-12(10)14/h6-8,11,14H,5H2,1-4H3. The molecule has 0 spiro atoms. The van der Waals surface area contributed by atoms with Crippen LogP contribution in [0.5, 0.6) is 11.5 Å². The first-order valence-corrected chi connectivity index (χ1v) is 5.13. The minimum absolute atomic E-state index is 0.246. The summed E-state index contributed by atoms with van der Waals surface area (Å²) in [7, 11) is 5.62. The van der Waals surface area contributed by atoms with E-state index in [1.54, 1.807) is 13.2 Å². The van der Waals surface area contributed by atoms with Crippen LogP contribution < -0.4 is 4.74 Å². The molecule has 1 rings (SSSR count). The molecule has 0 radical (unpaired) electrons. The highest BCUT2D eigenvalue weighted by Crippen LogP contribution is 2.32. The Kier molecular flexibility index (Phi) is 3.97. The van der Waals surface area contributed by atoms with Crippen molar-refractivity contribution in [3.63, 3.8) is 0 Å². The smallest absolute Gasteiger partial charge is 0.124 e. The number of aromatic hydroxyl groups is 1. The van der Waals surface area contributed by atoms with Crippen LogP contribution in [-0.2, 0) is 0 Å². The van der Waals surface area contributed by atoms with Gasteiger partial charge in [0.15, 0.2) is 0 Å². The molecule has 0 aliphatic heterocycles. The fourth-order valence-corrected chi connectivity index (χ4v) is 1.80. The van der Waals surface area contributed by atoms with Crippen molar-refractivity contribution in [2.75, 3.05) is 21.2 Å². The normalized spacial score (nSPS) is 12.9. The van der Waals surface area contributed by atoms with Crippen LogP contribution in [0.3, 0.4) is 0 Å². The molecular formula is C12H19NO2. The molecule has 0 aliphatic rings. The van der Waals surface area contributed by atoms with Crippen LogP contribution in [0.1, 0.15) is 24.9 Å². The summed E-state index contributed by atoms with van der Waals surface area (Å²) < 4.78 is 5.05. The molecule has 0 aliphatic carbocycles. The number of phenolic OH excluding ortho intramolecular Hbond substituents is 1. The molecule has 0 saturated heterocycles. The molecule has 1 aromatic rings. The Morgan fingerprint density at radius 2 is 2.07 bits per heavy atom. The van der Waals surface area contributed by atoms with Gasteiger partial charge in [-0.2, -0.15) is 0 Å². The fourth-order valence-electron chi connectivity index (χ4n) is 1.80. The van der Waals surface area contributed by atoms with Gasteiger partial charge in [-0.3, -0.25) is 0 Å². The third-order valence-corrected chi connectivity index (χ3v) is 2.61. The quantitative estimate of drug-likeness (QED) is 0.826. The molecule has 0 heterocycles. The van der Waals surface area contributed by atoms with Gasteiger partial charge in [0.2, 0.25) is 0 Å². The number of phenols is 1. The number of hydrogen-bond donors (Lipinski definition) is 1. The van der Waals surface area contributed by atoms with Crippen LogP contribution >= 0.6 is 0 Å². The first-order valence-electron chi connectivity index (χ1n) is 5.13. The number of rotatable bonds is 4. The lowest BCUT2D eigenvalue weighted by Gasteiger charge is -2.24. The van der Waals surface area contributed by atoms with Gasteiger partial charge in [-0.1, -0.05) is 13.0 Å². The maximum atomic E-state index is 9.87. The van der Waals surface area contributed by atoms with E-state index < -0.39 is 0 Å². The van der Waals surface area contributed by atoms with Crippen LogP contribution in [0.2, 0.25) is 0 Å². The molecule has 3 heteroatoms. The van der Waals surface area contributed by atoms with Crippen LogP contribution in [0.4, 0.5) is 0 Å². The molecule has 0 fully saturated rings. The lowest BCUT2D eigenvalue weighted by molar-refractivity contribution is 0.283. The van der Waals surface area contributed by atoms with E-state index >= 15 is 0 Å². The van der Waals surface area contributed by atoms with Gasteiger partial charge in [0.05, 0.1) is 7.11 Å². The molecule has 1 unspecified atom stereocenters. The van der Waals surface area contributed by atoms with Crippen LogP contribution in [0, 0.1) is 0 Å². The SMILES string of the molecule is CCC(c1ccc(OC)cc1O)N(C)C. The summed E-state index contributed by atoms with van der Waals surface area (Å²) in [6.45, 7) is 2.11. The highest BCUT2D eigenvalue weighted by atomic mass is 16.5. The second kappa shape index (κ2) is 5.03. The first-order chi connectivity index (χ1) is 7.10. The van der Waals surface area contributed by atoms with Crippen molar-refractivity contribution in [2.24, 2.45) is 0 Å². The number of ether oxygens (including phenoxy) is 1. The molecule has 84 valence electrons. The van der Waals surface area contributed by atoms with E-state index in [4.69, 9.17) is 4.74 Å². The fraction of sp³-hybridized carbons (Fsp3) is 0.500. The number of nitrogens with zero attached hydrogens (tertiary/aromatic N) is 1. The molecular weight excluding hydrogens is 190 g/mol. The lowest BCUT2D eigenvalue weighted by atomic mass is 10.0. The maximum Gasteiger partial charge on any atom is 0.124 e. The van der Waals surface area contributed by atoms with Gasteiger partial charge in [0.25, 0.3) is 0 Å². The summed E-state index contributed by atoms with van der Waals surface area (Å²) in [6.07, 6.45) is 0.965. The van der Waals surface area contributed by atoms with Gasteiger partial charge < -0.3 is 14.7 Å². The van der Waals surface area contributed by atoms with Gasteiger partial charge in [-0.15, -0.1) is 0 Å². The Morgan fingerprint density at radius 1 is 1.40 bits per heavy atom. The Labute approximate surface area is 91.3 Å². The van der Waals surface area contributed by atoms with Crippen molar-refractivity contribution in [3.8, 4) is 11.5 Å². The molecule has 0 aromatic heterocycles. The summed E-state index contributed by atoms with van der Waals surface area (Å²) in [4.78, 5) is 2.10. The number of methoxy groups -OCH3 is 1. The van der Waals surface area contributed by atoms with Crippen molar-refractivity contribution >= 4 is 0 Å². The van der Waals surface area contributed by atoms with Crippen molar-refractivity contribution in [2.45, 2.75) is 19.4 Å². The summed E-state index contributed by atoms with van der Waals surface area (Å²) in [6, 6.07) is 5.70. The van der Waals surface area contributed by atoms with Crippen molar-refractivity contribution in [3.05, 3.63) is 23.8 Å². The zero-order valence-electron chi connectivity index (χ0n) is 9.82. The van der Waals surface area contributed by atoms with Gasteiger partial charge >= 0.3 is 0 Å². The molecule has 15 heavy (non-hydrogen) atoms. The van der Waals surface area contributed by atoms with E-state index in [0.717, 1.165) is 12.0 Å². The second-order valence-electron chi connectivity index (χ2n) is 3.81. The Bertz CT molecular complexity index is 323. The second-order valence-corrected chi connectivity index (χ2v) is 3.81. The van der Waals surface area contributed by atoms with Gasteiger partial charge in [0, 0.05) is 17.7 Å². The summed E-state index contributed by atoms with van der Waals surface area (Å²) in [5.74, 6) is 0.986. The van der Waals surface area contributed by atoms with E-state index in [1.165, 1.54) is 0 Å². The zero-order chi connectivity index (χ0) is 11.4. The van der Waals surface area contributed by atoms with E-state index in [1.807, 2.05) is 26.2 Å². The van der Waals surface area contributed by atoms with E-state index in [2.05, 4.69) is 11.8 Å². The number of hydrogen-bond acceptors (Lipinski definition) is 3. The highest BCUT2D eigenvalue weighted by molar-refractivity contribution is 5.41. The van der Waals surface area contributed by atoms with Crippen LogP contribution in [0.15, 0.2) is 18.2 Å². The largest absolute Gasteiger partial charge is 0.507 e. The van der Waals surface area contributed by atoms with Gasteiger partial charge in [-0.05, 0) is 26.6 Å². The molecule has 0 amide bonds. The summed E-state index contributed by atoms with van der Waals surface area (Å²) in [5.41, 5.74) is 0.948. The van der Waals surface area contributed by atoms with Crippen molar-refractivity contribution < 1.29 is 9.84 Å². The molecule has 0 saturated carbocycles. The average Bonchev–Trinajstić information content (AvgIpc) is 2.20. The maximum absolute atomic E-state index is 9.87. The Morgan fingerprint density at radius 3 is 2.47 bits per heavy atom. The van der Waals surface area contributed by atoms with E-state index in [0.29, 0.717) is 11.5 Å². The Balaban J connectivity index is 3.03. The highest BCUT2D eigenvalue weighted by Gasteiger charge is 2.15. The van der Waals surface area contributed by atoms with E-state index in [-0.39, 0.29) is 6.04 Å². The van der Waals surface area contributed by atoms with Crippen LogP contribution in [0.25, 0.3) is 0 Å². The molecule has 1 aromatic carbocycles. The zero-order valence-corrected chi connectivity index (χ0v) is 9.82. The van der Waals surface area contributed by atoms with Gasteiger partial charge in [-0.25, -0.2) is 0 Å². The van der Waals surface area contributed by atoms with E-state index in [9.17, 15) is 5.11 Å². The van der Waals surface area contributed by atoms with Crippen molar-refractivity contribution in [1.82, 2.24) is 4.90 Å². The minimum Gasteiger partial charge on any atom is -0.507 e. The average molecular weight is 209 g/mol. The molecule has 3 nitrogen and oxygen atoms in total. The lowest BCUT2D eigenvalue weighted by Crippen LogP contribution is -2.19. The Hall–Kier alpha value is -1.22. The summed E-state index contributed by atoms with van der Waals surface area (Å²) >= 11 is 0. The summed E-state index contributed by atoms with van der Waals surface area (Å²) in [5, 5.41) is 9.87. The molecule has 1 atom stereocenters. The first kappa shape index (κ1) is 11.9. The molecule has 1 N–H and O–H groups in total. The predicted octanol–water partition coefficient (Wildman–Crippen LogP) is 2.41. The van der Waals surface area contributed by atoms with Crippen LogP contribution in [-0.4, -0.2) is 31.2 Å². The third-order valence-electron chi connectivity index (χ3n) is 2.61. The third kappa shape index (κ3) is 2.63. The topological polar surface area (TPSA) is 32.7 Å². The number of benzene rings is 1. The predicted molar refractivity (Wildman–Crippen MR) is 61.4 cm³/mol. The molecule has 0 bridgehead atoms. The minimum atomic E-state index is 0.246. The monoisotopic (exact) mass is 209 g/mol.